The van der Waals surface area contributed by atoms with Crippen molar-refractivity contribution >= 4 is 24.4 Å². The molecule has 0 spiro atoms. The Bertz CT molecular complexity index is 482. The number of piperidine rings is 1. The van der Waals surface area contributed by atoms with Gasteiger partial charge < -0.3 is 10.6 Å². The van der Waals surface area contributed by atoms with Crippen LogP contribution in [0, 0.1) is 11.7 Å². The van der Waals surface area contributed by atoms with Crippen LogP contribution in [0.5, 0.6) is 0 Å². The van der Waals surface area contributed by atoms with Crippen LogP contribution in [-0.4, -0.2) is 25.5 Å². The summed E-state index contributed by atoms with van der Waals surface area (Å²) in [6.07, 6.45) is 4.00. The second-order valence-electron chi connectivity index (χ2n) is 5.28. The van der Waals surface area contributed by atoms with Gasteiger partial charge in [0.25, 0.3) is 0 Å². The molecule has 0 saturated carbocycles. The molecule has 5 heteroatoms. The van der Waals surface area contributed by atoms with Crippen molar-refractivity contribution in [2.45, 2.75) is 19.8 Å². The molecule has 3 nitrogen and oxygen atoms in total. The van der Waals surface area contributed by atoms with Crippen molar-refractivity contribution in [2.75, 3.05) is 19.6 Å². The number of nitrogens with one attached hydrogen (secondary N) is 2. The predicted octanol–water partition coefficient (Wildman–Crippen LogP) is 2.77. The molecule has 1 amide bonds. The summed E-state index contributed by atoms with van der Waals surface area (Å²) in [5, 5.41) is 6.28. The van der Waals surface area contributed by atoms with E-state index in [0.29, 0.717) is 11.5 Å². The van der Waals surface area contributed by atoms with E-state index in [4.69, 9.17) is 0 Å². The first-order chi connectivity index (χ1) is 9.65. The van der Waals surface area contributed by atoms with E-state index in [0.717, 1.165) is 38.0 Å². The van der Waals surface area contributed by atoms with Crippen molar-refractivity contribution in [1.29, 1.82) is 0 Å². The van der Waals surface area contributed by atoms with Crippen molar-refractivity contribution in [2.24, 2.45) is 5.92 Å². The zero-order chi connectivity index (χ0) is 14.4. The third kappa shape index (κ3) is 5.86. The zero-order valence-electron chi connectivity index (χ0n) is 12.2. The Morgan fingerprint density at radius 1 is 1.33 bits per heavy atom. The number of rotatable bonds is 4. The van der Waals surface area contributed by atoms with Gasteiger partial charge in [-0.15, -0.1) is 12.4 Å². The highest BCUT2D eigenvalue weighted by molar-refractivity contribution is 5.97. The van der Waals surface area contributed by atoms with Gasteiger partial charge in [0.1, 0.15) is 5.82 Å². The van der Waals surface area contributed by atoms with Gasteiger partial charge >= 0.3 is 0 Å². The smallest absolute Gasteiger partial charge is 0.246 e. The first-order valence-electron chi connectivity index (χ1n) is 7.08. The highest BCUT2D eigenvalue weighted by Gasteiger charge is 2.14. The van der Waals surface area contributed by atoms with Crippen LogP contribution in [0.1, 0.15) is 25.3 Å². The second kappa shape index (κ2) is 8.80. The highest BCUT2D eigenvalue weighted by atomic mass is 35.5. The topological polar surface area (TPSA) is 41.1 Å². The lowest BCUT2D eigenvalue weighted by molar-refractivity contribution is -0.117. The van der Waals surface area contributed by atoms with Gasteiger partial charge in [-0.3, -0.25) is 4.79 Å². The Hall–Kier alpha value is -1.39. The molecule has 2 N–H and O–H groups in total. The van der Waals surface area contributed by atoms with E-state index in [9.17, 15) is 9.18 Å². The third-order valence-electron chi connectivity index (χ3n) is 3.62. The molecule has 1 heterocycles. The summed E-state index contributed by atoms with van der Waals surface area (Å²) in [6.45, 7) is 4.58. The molecule has 0 atom stereocenters. The van der Waals surface area contributed by atoms with E-state index in [2.05, 4.69) is 10.6 Å². The van der Waals surface area contributed by atoms with Gasteiger partial charge in [0.05, 0.1) is 0 Å². The van der Waals surface area contributed by atoms with E-state index < -0.39 is 0 Å². The number of benzene rings is 1. The fourth-order valence-electron chi connectivity index (χ4n) is 2.34. The molecule has 0 aliphatic carbocycles. The average Bonchev–Trinajstić information content (AvgIpc) is 2.48. The summed E-state index contributed by atoms with van der Waals surface area (Å²) < 4.78 is 12.8. The molecule has 1 aromatic rings. The van der Waals surface area contributed by atoms with Crippen molar-refractivity contribution in [3.8, 4) is 0 Å². The number of hydrogen-bond acceptors (Lipinski definition) is 2. The monoisotopic (exact) mass is 312 g/mol. The van der Waals surface area contributed by atoms with Crippen molar-refractivity contribution in [3.05, 3.63) is 41.2 Å². The molecule has 1 aromatic carbocycles. The van der Waals surface area contributed by atoms with Gasteiger partial charge in [-0.1, -0.05) is 12.1 Å². The van der Waals surface area contributed by atoms with Gasteiger partial charge in [0.15, 0.2) is 0 Å². The maximum Gasteiger partial charge on any atom is 0.246 e. The molecule has 2 rings (SSSR count). The number of halogens is 2. The Kier molecular flexibility index (Phi) is 7.40. The lowest BCUT2D eigenvalue weighted by atomic mass is 9.98. The van der Waals surface area contributed by atoms with Crippen molar-refractivity contribution < 1.29 is 9.18 Å². The van der Waals surface area contributed by atoms with Crippen LogP contribution in [0.25, 0.3) is 6.08 Å². The van der Waals surface area contributed by atoms with E-state index in [1.165, 1.54) is 12.1 Å². The first kappa shape index (κ1) is 17.7. The van der Waals surface area contributed by atoms with Crippen LogP contribution in [0.15, 0.2) is 29.8 Å². The Morgan fingerprint density at radius 3 is 2.57 bits per heavy atom. The predicted molar refractivity (Wildman–Crippen MR) is 85.9 cm³/mol. The maximum absolute atomic E-state index is 12.8. The number of carbonyl (C=O) groups is 1. The van der Waals surface area contributed by atoms with Gasteiger partial charge in [0, 0.05) is 12.1 Å². The van der Waals surface area contributed by atoms with Crippen LogP contribution in [0.2, 0.25) is 0 Å². The molecule has 0 unspecified atom stereocenters. The van der Waals surface area contributed by atoms with Crippen LogP contribution >= 0.6 is 12.4 Å². The fraction of sp³-hybridized carbons (Fsp3) is 0.438. The Morgan fingerprint density at radius 2 is 1.95 bits per heavy atom. The summed E-state index contributed by atoms with van der Waals surface area (Å²) in [7, 11) is 0. The number of amides is 1. The normalized spacial score (nSPS) is 16.2. The lowest BCUT2D eigenvalue weighted by Gasteiger charge is -2.22. The minimum Gasteiger partial charge on any atom is -0.352 e. The molecular weight excluding hydrogens is 291 g/mol. The standard InChI is InChI=1S/C16H21FN2O.ClH/c1-12(10-13-2-4-15(17)5-3-13)16(20)19-11-14-6-8-18-9-7-14;/h2-5,10,14,18H,6-9,11H2,1H3,(H,19,20);1H/b12-10+;. The quantitative estimate of drug-likeness (QED) is 0.839. The lowest BCUT2D eigenvalue weighted by Crippen LogP contribution is -2.36. The average molecular weight is 313 g/mol. The second-order valence-corrected chi connectivity index (χ2v) is 5.28. The number of carbonyl (C=O) groups excluding carboxylic acids is 1. The molecule has 1 aliphatic heterocycles. The largest absolute Gasteiger partial charge is 0.352 e. The van der Waals surface area contributed by atoms with Gasteiger partial charge in [-0.05, 0) is 62.5 Å². The summed E-state index contributed by atoms with van der Waals surface area (Å²) in [6, 6.07) is 6.12. The van der Waals surface area contributed by atoms with Gasteiger partial charge in [-0.25, -0.2) is 4.39 Å². The molecule has 0 radical (unpaired) electrons. The molecular formula is C16H22ClFN2O. The minimum absolute atomic E-state index is 0. The first-order valence-corrected chi connectivity index (χ1v) is 7.08. The van der Waals surface area contributed by atoms with E-state index in [-0.39, 0.29) is 24.1 Å². The van der Waals surface area contributed by atoms with Crippen LogP contribution in [0.3, 0.4) is 0 Å². The van der Waals surface area contributed by atoms with Crippen molar-refractivity contribution in [3.63, 3.8) is 0 Å². The van der Waals surface area contributed by atoms with Crippen molar-refractivity contribution in [1.82, 2.24) is 10.6 Å². The maximum atomic E-state index is 12.8. The van der Waals surface area contributed by atoms with Gasteiger partial charge in [0.2, 0.25) is 5.91 Å². The summed E-state index contributed by atoms with van der Waals surface area (Å²) in [5.74, 6) is 0.252. The molecule has 21 heavy (non-hydrogen) atoms. The third-order valence-corrected chi connectivity index (χ3v) is 3.62. The summed E-state index contributed by atoms with van der Waals surface area (Å²) in [5.41, 5.74) is 1.48. The Balaban J connectivity index is 0.00000220. The number of hydrogen-bond donors (Lipinski definition) is 2. The molecule has 1 fully saturated rings. The van der Waals surface area contributed by atoms with E-state index >= 15 is 0 Å². The molecule has 116 valence electrons. The molecule has 0 aromatic heterocycles. The van der Waals surface area contributed by atoms with Crippen LogP contribution in [0.4, 0.5) is 4.39 Å². The fourth-order valence-corrected chi connectivity index (χ4v) is 2.34. The van der Waals surface area contributed by atoms with Crippen LogP contribution < -0.4 is 10.6 Å². The van der Waals surface area contributed by atoms with E-state index in [1.807, 2.05) is 0 Å². The van der Waals surface area contributed by atoms with Gasteiger partial charge in [-0.2, -0.15) is 0 Å². The Labute approximate surface area is 131 Å². The van der Waals surface area contributed by atoms with Crippen LogP contribution in [-0.2, 0) is 4.79 Å². The van der Waals surface area contributed by atoms with E-state index in [1.54, 1.807) is 25.1 Å². The molecule has 1 aliphatic rings. The molecule has 0 bridgehead atoms. The molecule has 1 saturated heterocycles. The minimum atomic E-state index is -0.268. The summed E-state index contributed by atoms with van der Waals surface area (Å²) >= 11 is 0. The zero-order valence-corrected chi connectivity index (χ0v) is 13.0. The SMILES string of the molecule is C/C(=C\c1ccc(F)cc1)C(=O)NCC1CCNCC1.Cl. The highest BCUT2D eigenvalue weighted by Crippen LogP contribution is 2.11. The summed E-state index contributed by atoms with van der Waals surface area (Å²) in [4.78, 5) is 12.0.